The number of ether oxygens (including phenoxy) is 1. The molecule has 1 aromatic rings. The van der Waals surface area contributed by atoms with Crippen LogP contribution in [-0.2, 0) is 14.8 Å². The van der Waals surface area contributed by atoms with Gasteiger partial charge in [-0.25, -0.2) is 12.8 Å². The lowest BCUT2D eigenvalue weighted by Gasteiger charge is -2.41. The van der Waals surface area contributed by atoms with E-state index in [2.05, 4.69) is 5.32 Å². The summed E-state index contributed by atoms with van der Waals surface area (Å²) in [6, 6.07) is 5.11. The van der Waals surface area contributed by atoms with Crippen LogP contribution in [0.5, 0.6) is 0 Å². The zero-order chi connectivity index (χ0) is 13.5. The topological polar surface area (TPSA) is 58.6 Å². The van der Waals surface area contributed by atoms with Gasteiger partial charge in [0.1, 0.15) is 5.82 Å². The molecule has 2 aliphatic heterocycles. The molecule has 2 aliphatic rings. The molecule has 5 nitrogen and oxygen atoms in total. The van der Waals surface area contributed by atoms with Crippen molar-refractivity contribution >= 4 is 10.0 Å². The molecular formula is C12H15FN2O3S. The maximum Gasteiger partial charge on any atom is 0.243 e. The maximum absolute atomic E-state index is 13.2. The Kier molecular flexibility index (Phi) is 3.30. The summed E-state index contributed by atoms with van der Waals surface area (Å²) in [6.07, 6.45) is -0.258. The average Bonchev–Trinajstić information content (AvgIpc) is 2.38. The number of benzene rings is 1. The molecule has 7 heteroatoms. The third-order valence-corrected chi connectivity index (χ3v) is 5.20. The molecule has 2 atom stereocenters. The number of halogens is 1. The molecule has 0 unspecified atom stereocenters. The Morgan fingerprint density at radius 3 is 2.58 bits per heavy atom. The van der Waals surface area contributed by atoms with Crippen LogP contribution in [0, 0.1) is 5.82 Å². The Morgan fingerprint density at radius 1 is 1.26 bits per heavy atom. The quantitative estimate of drug-likeness (QED) is 0.843. The van der Waals surface area contributed by atoms with Gasteiger partial charge in [-0.15, -0.1) is 0 Å². The van der Waals surface area contributed by atoms with Crippen LogP contribution in [-0.4, -0.2) is 51.1 Å². The summed E-state index contributed by atoms with van der Waals surface area (Å²) in [5, 5.41) is 3.20. The predicted molar refractivity (Wildman–Crippen MR) is 66.7 cm³/mol. The van der Waals surface area contributed by atoms with E-state index in [1.54, 1.807) is 0 Å². The first-order valence-corrected chi connectivity index (χ1v) is 7.61. The van der Waals surface area contributed by atoms with Gasteiger partial charge in [-0.05, 0) is 18.2 Å². The Morgan fingerprint density at radius 2 is 1.95 bits per heavy atom. The molecular weight excluding hydrogens is 271 g/mol. The highest BCUT2D eigenvalue weighted by atomic mass is 32.2. The highest BCUT2D eigenvalue weighted by Gasteiger charge is 2.37. The van der Waals surface area contributed by atoms with Crippen LogP contribution >= 0.6 is 0 Å². The molecule has 2 bridgehead atoms. The largest absolute Gasteiger partial charge is 0.370 e. The summed E-state index contributed by atoms with van der Waals surface area (Å²) in [6.45, 7) is 1.90. The minimum absolute atomic E-state index is 0.000401. The number of hydrogen-bond acceptors (Lipinski definition) is 4. The van der Waals surface area contributed by atoms with Crippen molar-refractivity contribution in [1.82, 2.24) is 9.62 Å². The Hall–Kier alpha value is -1.02. The summed E-state index contributed by atoms with van der Waals surface area (Å²) in [5.74, 6) is -0.545. The molecule has 19 heavy (non-hydrogen) atoms. The van der Waals surface area contributed by atoms with E-state index >= 15 is 0 Å². The zero-order valence-corrected chi connectivity index (χ0v) is 11.1. The van der Waals surface area contributed by atoms with Crippen molar-refractivity contribution in [2.45, 2.75) is 17.1 Å². The molecule has 0 radical (unpaired) electrons. The fourth-order valence-electron chi connectivity index (χ4n) is 2.49. The number of nitrogens with one attached hydrogen (secondary N) is 1. The number of nitrogens with zero attached hydrogens (tertiary/aromatic N) is 1. The molecule has 0 spiro atoms. The van der Waals surface area contributed by atoms with Crippen molar-refractivity contribution in [1.29, 1.82) is 0 Å². The molecule has 3 rings (SSSR count). The molecule has 0 aromatic heterocycles. The van der Waals surface area contributed by atoms with Gasteiger partial charge in [-0.2, -0.15) is 4.31 Å². The van der Waals surface area contributed by atoms with E-state index in [0.29, 0.717) is 26.2 Å². The van der Waals surface area contributed by atoms with E-state index in [4.69, 9.17) is 4.74 Å². The van der Waals surface area contributed by atoms with Gasteiger partial charge >= 0.3 is 0 Å². The minimum atomic E-state index is -3.64. The number of sulfonamides is 1. The van der Waals surface area contributed by atoms with Crippen molar-refractivity contribution in [3.8, 4) is 0 Å². The van der Waals surface area contributed by atoms with E-state index < -0.39 is 15.8 Å². The third kappa shape index (κ3) is 2.51. The molecule has 1 aromatic carbocycles. The van der Waals surface area contributed by atoms with Crippen molar-refractivity contribution < 1.29 is 17.5 Å². The van der Waals surface area contributed by atoms with Crippen LogP contribution in [0.15, 0.2) is 29.2 Å². The van der Waals surface area contributed by atoms with E-state index in [1.807, 2.05) is 0 Å². The van der Waals surface area contributed by atoms with E-state index in [9.17, 15) is 12.8 Å². The molecule has 104 valence electrons. The molecule has 0 saturated carbocycles. The SMILES string of the molecule is O=S(=O)(c1cccc(F)c1)N1C[C@H]2CNC[C@H](C1)O2. The highest BCUT2D eigenvalue weighted by molar-refractivity contribution is 7.89. The van der Waals surface area contributed by atoms with E-state index in [-0.39, 0.29) is 17.1 Å². The lowest BCUT2D eigenvalue weighted by molar-refractivity contribution is -0.0824. The second-order valence-electron chi connectivity index (χ2n) is 4.82. The predicted octanol–water partition coefficient (Wildman–Crippen LogP) is 0.187. The Labute approximate surface area is 111 Å². The zero-order valence-electron chi connectivity index (χ0n) is 10.3. The molecule has 2 heterocycles. The first-order valence-electron chi connectivity index (χ1n) is 6.17. The lowest BCUT2D eigenvalue weighted by Crippen LogP contribution is -2.59. The number of hydrogen-bond donors (Lipinski definition) is 1. The number of morpholine rings is 2. The van der Waals surface area contributed by atoms with Gasteiger partial charge in [0.15, 0.2) is 0 Å². The van der Waals surface area contributed by atoms with Gasteiger partial charge in [0, 0.05) is 26.2 Å². The maximum atomic E-state index is 13.2. The summed E-state index contributed by atoms with van der Waals surface area (Å²) in [4.78, 5) is 0.000401. The second kappa shape index (κ2) is 4.82. The third-order valence-electron chi connectivity index (χ3n) is 3.38. The molecule has 0 aliphatic carbocycles. The highest BCUT2D eigenvalue weighted by Crippen LogP contribution is 2.22. The second-order valence-corrected chi connectivity index (χ2v) is 6.76. The van der Waals surface area contributed by atoms with Crippen molar-refractivity contribution in [2.24, 2.45) is 0 Å². The van der Waals surface area contributed by atoms with Crippen LogP contribution < -0.4 is 5.32 Å². The fraction of sp³-hybridized carbons (Fsp3) is 0.500. The normalized spacial score (nSPS) is 28.3. The van der Waals surface area contributed by atoms with E-state index in [0.717, 1.165) is 6.07 Å². The van der Waals surface area contributed by atoms with Crippen LogP contribution in [0.3, 0.4) is 0 Å². The molecule has 2 fully saturated rings. The van der Waals surface area contributed by atoms with Crippen LogP contribution in [0.2, 0.25) is 0 Å². The fourth-order valence-corrected chi connectivity index (χ4v) is 4.03. The summed E-state index contributed by atoms with van der Waals surface area (Å²) < 4.78 is 45.1. The average molecular weight is 286 g/mol. The van der Waals surface area contributed by atoms with Gasteiger partial charge in [0.25, 0.3) is 0 Å². The first-order chi connectivity index (χ1) is 9.05. The van der Waals surface area contributed by atoms with Crippen LogP contribution in [0.1, 0.15) is 0 Å². The van der Waals surface area contributed by atoms with Crippen molar-refractivity contribution in [2.75, 3.05) is 26.2 Å². The van der Waals surface area contributed by atoms with E-state index in [1.165, 1.54) is 22.5 Å². The van der Waals surface area contributed by atoms with Gasteiger partial charge in [0.2, 0.25) is 10.0 Å². The Balaban J connectivity index is 1.88. The lowest BCUT2D eigenvalue weighted by atomic mass is 10.2. The summed E-state index contributed by atoms with van der Waals surface area (Å²) in [7, 11) is -3.64. The monoisotopic (exact) mass is 286 g/mol. The van der Waals surface area contributed by atoms with Crippen molar-refractivity contribution in [3.05, 3.63) is 30.1 Å². The molecule has 2 saturated heterocycles. The smallest absolute Gasteiger partial charge is 0.243 e. The van der Waals surface area contributed by atoms with Crippen LogP contribution in [0.4, 0.5) is 4.39 Å². The van der Waals surface area contributed by atoms with Crippen LogP contribution in [0.25, 0.3) is 0 Å². The number of rotatable bonds is 2. The molecule has 1 N–H and O–H groups in total. The van der Waals surface area contributed by atoms with Gasteiger partial charge < -0.3 is 10.1 Å². The Bertz CT molecular complexity index is 566. The standard InChI is InChI=1S/C12H15FN2O3S/c13-9-2-1-3-12(4-9)19(16,17)15-7-10-5-14-6-11(8-15)18-10/h1-4,10-11,14H,5-8H2/t10-,11-/m1/s1. The minimum Gasteiger partial charge on any atom is -0.370 e. The van der Waals surface area contributed by atoms with Gasteiger partial charge in [0.05, 0.1) is 17.1 Å². The first kappa shape index (κ1) is 13.0. The molecule has 0 amide bonds. The van der Waals surface area contributed by atoms with Crippen molar-refractivity contribution in [3.63, 3.8) is 0 Å². The summed E-state index contributed by atoms with van der Waals surface area (Å²) in [5.41, 5.74) is 0. The summed E-state index contributed by atoms with van der Waals surface area (Å²) >= 11 is 0. The number of fused-ring (bicyclic) bond motifs is 2. The van der Waals surface area contributed by atoms with Gasteiger partial charge in [-0.1, -0.05) is 6.07 Å². The van der Waals surface area contributed by atoms with Gasteiger partial charge in [-0.3, -0.25) is 0 Å².